The molecule has 0 fully saturated rings. The van der Waals surface area contributed by atoms with Crippen molar-refractivity contribution < 1.29 is 9.53 Å². The Morgan fingerprint density at radius 3 is 2.63 bits per heavy atom. The number of nitrogens with two attached hydrogens (primary N) is 1. The van der Waals surface area contributed by atoms with Crippen LogP contribution < -0.4 is 15.8 Å². The number of amides is 1. The fraction of sp³-hybridized carbons (Fsp3) is 0.133. The molecule has 0 aliphatic carbocycles. The van der Waals surface area contributed by atoms with Gasteiger partial charge in [-0.05, 0) is 30.3 Å². The van der Waals surface area contributed by atoms with E-state index in [-0.39, 0.29) is 0 Å². The molecule has 19 heavy (non-hydrogen) atoms. The molecule has 0 saturated heterocycles. The van der Waals surface area contributed by atoms with E-state index in [9.17, 15) is 4.79 Å². The highest BCUT2D eigenvalue weighted by Crippen LogP contribution is 2.10. The lowest BCUT2D eigenvalue weighted by atomic mass is 10.2. The smallest absolute Gasteiger partial charge is 0.248 e. The minimum Gasteiger partial charge on any atom is -0.492 e. The van der Waals surface area contributed by atoms with Crippen LogP contribution in [-0.2, 0) is 0 Å². The molecule has 0 heterocycles. The maximum Gasteiger partial charge on any atom is 0.248 e. The largest absolute Gasteiger partial charge is 0.492 e. The van der Waals surface area contributed by atoms with Crippen molar-refractivity contribution >= 4 is 11.6 Å². The van der Waals surface area contributed by atoms with Gasteiger partial charge in [-0.15, -0.1) is 0 Å². The molecule has 0 unspecified atom stereocenters. The summed E-state index contributed by atoms with van der Waals surface area (Å²) in [5, 5.41) is 3.18. The highest BCUT2D eigenvalue weighted by molar-refractivity contribution is 5.93. The second-order valence-corrected chi connectivity index (χ2v) is 4.03. The molecule has 0 atom stereocenters. The Hall–Kier alpha value is -2.49. The summed E-state index contributed by atoms with van der Waals surface area (Å²) in [6.45, 7) is 1.20. The lowest BCUT2D eigenvalue weighted by molar-refractivity contribution is 0.100. The van der Waals surface area contributed by atoms with Gasteiger partial charge in [0, 0.05) is 17.8 Å². The Labute approximate surface area is 112 Å². The summed E-state index contributed by atoms with van der Waals surface area (Å²) in [6, 6.07) is 16.7. The molecule has 0 radical (unpaired) electrons. The molecule has 0 bridgehead atoms. The topological polar surface area (TPSA) is 64.4 Å². The summed E-state index contributed by atoms with van der Waals surface area (Å²) in [4.78, 5) is 11.0. The highest BCUT2D eigenvalue weighted by Gasteiger charge is 2.00. The van der Waals surface area contributed by atoms with E-state index in [0.717, 1.165) is 11.4 Å². The van der Waals surface area contributed by atoms with E-state index in [1.807, 2.05) is 36.4 Å². The van der Waals surface area contributed by atoms with Gasteiger partial charge in [-0.3, -0.25) is 4.79 Å². The predicted molar refractivity (Wildman–Crippen MR) is 75.4 cm³/mol. The summed E-state index contributed by atoms with van der Waals surface area (Å²) >= 11 is 0. The first kappa shape index (κ1) is 13.0. The molecule has 3 N–H and O–H groups in total. The number of para-hydroxylation sites is 1. The van der Waals surface area contributed by atoms with Gasteiger partial charge in [0.2, 0.25) is 5.91 Å². The molecule has 1 amide bonds. The van der Waals surface area contributed by atoms with Gasteiger partial charge in [-0.2, -0.15) is 0 Å². The van der Waals surface area contributed by atoms with E-state index in [0.29, 0.717) is 18.7 Å². The summed E-state index contributed by atoms with van der Waals surface area (Å²) in [7, 11) is 0. The molecular formula is C15H16N2O2. The van der Waals surface area contributed by atoms with Crippen LogP contribution in [0.3, 0.4) is 0 Å². The molecule has 0 spiro atoms. The number of benzene rings is 2. The van der Waals surface area contributed by atoms with Crippen molar-refractivity contribution in [2.45, 2.75) is 0 Å². The second-order valence-electron chi connectivity index (χ2n) is 4.03. The monoisotopic (exact) mass is 256 g/mol. The Morgan fingerprint density at radius 1 is 1.11 bits per heavy atom. The zero-order valence-electron chi connectivity index (χ0n) is 10.5. The average molecular weight is 256 g/mol. The van der Waals surface area contributed by atoms with Crippen molar-refractivity contribution in [3.8, 4) is 5.75 Å². The van der Waals surface area contributed by atoms with Gasteiger partial charge in [0.25, 0.3) is 0 Å². The van der Waals surface area contributed by atoms with Crippen LogP contribution >= 0.6 is 0 Å². The lowest BCUT2D eigenvalue weighted by Gasteiger charge is -2.09. The number of carbonyl (C=O) groups excluding carboxylic acids is 1. The molecule has 0 aliphatic heterocycles. The van der Waals surface area contributed by atoms with Crippen molar-refractivity contribution in [2.75, 3.05) is 18.5 Å². The zero-order chi connectivity index (χ0) is 13.5. The summed E-state index contributed by atoms with van der Waals surface area (Å²) in [5.74, 6) is 0.416. The maximum absolute atomic E-state index is 11.0. The molecule has 2 rings (SSSR count). The fourth-order valence-electron chi connectivity index (χ4n) is 1.66. The number of hydrogen-bond donors (Lipinski definition) is 2. The van der Waals surface area contributed by atoms with Crippen LogP contribution in [0.15, 0.2) is 54.6 Å². The predicted octanol–water partition coefficient (Wildman–Crippen LogP) is 2.28. The van der Waals surface area contributed by atoms with Gasteiger partial charge < -0.3 is 15.8 Å². The van der Waals surface area contributed by atoms with Crippen molar-refractivity contribution in [2.24, 2.45) is 5.73 Å². The molecule has 2 aromatic carbocycles. The van der Waals surface area contributed by atoms with Crippen LogP contribution in [0, 0.1) is 0 Å². The van der Waals surface area contributed by atoms with Crippen molar-refractivity contribution in [1.82, 2.24) is 0 Å². The van der Waals surface area contributed by atoms with Gasteiger partial charge in [-0.1, -0.05) is 24.3 Å². The molecular weight excluding hydrogens is 240 g/mol. The first-order valence-electron chi connectivity index (χ1n) is 6.07. The molecule has 98 valence electrons. The second kappa shape index (κ2) is 6.44. The molecule has 0 aliphatic rings. The Bertz CT molecular complexity index is 541. The lowest BCUT2D eigenvalue weighted by Crippen LogP contribution is -2.13. The first-order valence-corrected chi connectivity index (χ1v) is 6.07. The van der Waals surface area contributed by atoms with Crippen molar-refractivity contribution in [3.63, 3.8) is 0 Å². The summed E-state index contributed by atoms with van der Waals surface area (Å²) < 4.78 is 5.55. The van der Waals surface area contributed by atoms with E-state index in [1.54, 1.807) is 18.2 Å². The molecule has 2 aromatic rings. The minimum absolute atomic E-state index is 0.427. The van der Waals surface area contributed by atoms with Crippen LogP contribution in [0.1, 0.15) is 10.4 Å². The van der Waals surface area contributed by atoms with Gasteiger partial charge in [0.1, 0.15) is 12.4 Å². The number of carbonyl (C=O) groups is 1. The van der Waals surface area contributed by atoms with Crippen LogP contribution in [0.2, 0.25) is 0 Å². The Morgan fingerprint density at radius 2 is 1.89 bits per heavy atom. The number of ether oxygens (including phenoxy) is 1. The number of anilines is 1. The SMILES string of the molecule is NC(=O)c1cccc(NCCOc2ccccc2)c1. The molecule has 4 nitrogen and oxygen atoms in total. The van der Waals surface area contributed by atoms with E-state index < -0.39 is 5.91 Å². The maximum atomic E-state index is 11.0. The van der Waals surface area contributed by atoms with Crippen molar-refractivity contribution in [1.29, 1.82) is 0 Å². The Kier molecular flexibility index (Phi) is 4.39. The Balaban J connectivity index is 1.80. The fourth-order valence-corrected chi connectivity index (χ4v) is 1.66. The summed E-state index contributed by atoms with van der Waals surface area (Å²) in [6.07, 6.45) is 0. The number of nitrogens with one attached hydrogen (secondary N) is 1. The van der Waals surface area contributed by atoms with E-state index in [4.69, 9.17) is 10.5 Å². The van der Waals surface area contributed by atoms with Gasteiger partial charge >= 0.3 is 0 Å². The van der Waals surface area contributed by atoms with Gasteiger partial charge in [0.05, 0.1) is 0 Å². The van der Waals surface area contributed by atoms with Crippen LogP contribution in [0.5, 0.6) is 5.75 Å². The number of primary amides is 1. The normalized spacial score (nSPS) is 9.89. The minimum atomic E-state index is -0.427. The van der Waals surface area contributed by atoms with Crippen LogP contribution in [0.25, 0.3) is 0 Å². The first-order chi connectivity index (χ1) is 9.25. The third kappa shape index (κ3) is 4.03. The van der Waals surface area contributed by atoms with Crippen LogP contribution in [-0.4, -0.2) is 19.1 Å². The zero-order valence-corrected chi connectivity index (χ0v) is 10.5. The van der Waals surface area contributed by atoms with E-state index >= 15 is 0 Å². The molecule has 4 heteroatoms. The van der Waals surface area contributed by atoms with Crippen LogP contribution in [0.4, 0.5) is 5.69 Å². The van der Waals surface area contributed by atoms with Crippen molar-refractivity contribution in [3.05, 3.63) is 60.2 Å². The molecule has 0 aromatic heterocycles. The quantitative estimate of drug-likeness (QED) is 0.779. The molecule has 0 saturated carbocycles. The van der Waals surface area contributed by atoms with Gasteiger partial charge in [0.15, 0.2) is 0 Å². The summed E-state index contributed by atoms with van der Waals surface area (Å²) in [5.41, 5.74) is 6.57. The highest BCUT2D eigenvalue weighted by atomic mass is 16.5. The van der Waals surface area contributed by atoms with E-state index in [2.05, 4.69) is 5.32 Å². The van der Waals surface area contributed by atoms with Gasteiger partial charge in [-0.25, -0.2) is 0 Å². The standard InChI is InChI=1S/C15H16N2O2/c16-15(18)12-5-4-6-13(11-12)17-9-10-19-14-7-2-1-3-8-14/h1-8,11,17H,9-10H2,(H2,16,18). The third-order valence-corrected chi connectivity index (χ3v) is 2.59. The third-order valence-electron chi connectivity index (χ3n) is 2.59. The average Bonchev–Trinajstić information content (AvgIpc) is 2.45. The number of rotatable bonds is 6. The number of hydrogen-bond acceptors (Lipinski definition) is 3. The van der Waals surface area contributed by atoms with E-state index in [1.165, 1.54) is 0 Å².